The summed E-state index contributed by atoms with van der Waals surface area (Å²) in [4.78, 5) is 20.6. The first kappa shape index (κ1) is 25.4. The van der Waals surface area contributed by atoms with Gasteiger partial charge < -0.3 is 21.1 Å². The monoisotopic (exact) mass is 520 g/mol. The molecule has 39 heavy (non-hydrogen) atoms. The quantitative estimate of drug-likeness (QED) is 0.250. The van der Waals surface area contributed by atoms with Gasteiger partial charge in [0.15, 0.2) is 5.96 Å². The topological polar surface area (TPSA) is 93.9 Å². The lowest BCUT2D eigenvalue weighted by Gasteiger charge is -2.41. The highest BCUT2D eigenvalue weighted by atomic mass is 16.5. The largest absolute Gasteiger partial charge is 0.370 e. The van der Waals surface area contributed by atoms with Crippen LogP contribution < -0.4 is 11.5 Å². The highest BCUT2D eigenvalue weighted by Crippen LogP contribution is 2.51. The van der Waals surface area contributed by atoms with E-state index in [1.54, 1.807) is 0 Å². The van der Waals surface area contributed by atoms with Gasteiger partial charge in [-0.3, -0.25) is 4.79 Å². The Morgan fingerprint density at radius 1 is 0.923 bits per heavy atom. The van der Waals surface area contributed by atoms with Crippen LogP contribution in [0, 0.1) is 11.8 Å². The maximum atomic E-state index is 14.4. The molecule has 4 unspecified atom stereocenters. The molecule has 0 bridgehead atoms. The summed E-state index contributed by atoms with van der Waals surface area (Å²) < 4.78 is 6.95. The molecule has 0 saturated carbocycles. The number of fused-ring (bicyclic) bond motifs is 4. The Kier molecular flexibility index (Phi) is 6.96. The standard InChI is InChI=1S/C33H36N4O2/c34-32(35)36-20-23-9-7-10-24(19-23)21-37(31(38)27-15-8-12-25-11-1-2-13-26(25)27)22-33-18-6-5-16-29(33)28-14-3-4-17-30(28)39-33/h1-13,15,19,28-30H,14,16-18,20-22H2,(H4,34,35,36). The number of nitrogens with two attached hydrogens (primary N) is 2. The van der Waals surface area contributed by atoms with Gasteiger partial charge in [0.25, 0.3) is 5.91 Å². The zero-order valence-electron chi connectivity index (χ0n) is 22.2. The van der Waals surface area contributed by atoms with E-state index >= 15 is 0 Å². The Balaban J connectivity index is 1.37. The van der Waals surface area contributed by atoms with Crippen LogP contribution in [-0.2, 0) is 17.8 Å². The molecular formula is C33H36N4O2. The number of rotatable bonds is 7. The fourth-order valence-electron chi connectivity index (χ4n) is 6.82. The Bertz CT molecular complexity index is 1450. The van der Waals surface area contributed by atoms with Gasteiger partial charge >= 0.3 is 0 Å². The van der Waals surface area contributed by atoms with E-state index in [4.69, 9.17) is 16.2 Å². The number of guanidine groups is 1. The van der Waals surface area contributed by atoms with Gasteiger partial charge in [-0.25, -0.2) is 4.99 Å². The van der Waals surface area contributed by atoms with E-state index < -0.39 is 0 Å². The normalized spacial score (nSPS) is 25.2. The zero-order valence-corrected chi connectivity index (χ0v) is 22.2. The molecule has 6 nitrogen and oxygen atoms in total. The van der Waals surface area contributed by atoms with Crippen molar-refractivity contribution in [2.24, 2.45) is 28.3 Å². The van der Waals surface area contributed by atoms with E-state index in [2.05, 4.69) is 53.6 Å². The molecule has 1 fully saturated rings. The Morgan fingerprint density at radius 2 is 1.69 bits per heavy atom. The molecule has 1 aliphatic heterocycles. The van der Waals surface area contributed by atoms with Crippen LogP contribution in [0.15, 0.2) is 96.0 Å². The van der Waals surface area contributed by atoms with E-state index in [1.807, 2.05) is 47.4 Å². The number of carbonyl (C=O) groups excluding carboxylic acids is 1. The van der Waals surface area contributed by atoms with Crippen molar-refractivity contribution in [2.75, 3.05) is 6.54 Å². The molecule has 6 rings (SSSR count). The number of benzene rings is 3. The minimum absolute atomic E-state index is 0.0284. The molecule has 3 aromatic carbocycles. The highest BCUT2D eigenvalue weighted by Gasteiger charge is 2.55. The Labute approximate surface area is 230 Å². The second kappa shape index (κ2) is 10.7. The third kappa shape index (κ3) is 5.09. The van der Waals surface area contributed by atoms with Crippen molar-refractivity contribution in [1.82, 2.24) is 4.90 Å². The molecule has 4 N–H and O–H groups in total. The van der Waals surface area contributed by atoms with Gasteiger partial charge in [0, 0.05) is 12.1 Å². The number of ether oxygens (including phenoxy) is 1. The molecule has 1 amide bonds. The molecular weight excluding hydrogens is 484 g/mol. The molecule has 3 aliphatic rings. The maximum Gasteiger partial charge on any atom is 0.254 e. The first-order valence-electron chi connectivity index (χ1n) is 13.9. The van der Waals surface area contributed by atoms with Gasteiger partial charge in [0.2, 0.25) is 0 Å². The van der Waals surface area contributed by atoms with E-state index in [9.17, 15) is 4.79 Å². The van der Waals surface area contributed by atoms with E-state index in [0.717, 1.165) is 53.1 Å². The van der Waals surface area contributed by atoms with Crippen molar-refractivity contribution in [2.45, 2.75) is 50.5 Å². The number of nitrogens with zero attached hydrogens (tertiary/aromatic N) is 2. The second-order valence-electron chi connectivity index (χ2n) is 11.1. The average Bonchev–Trinajstić information content (AvgIpc) is 3.29. The third-order valence-corrected chi connectivity index (χ3v) is 8.59. The molecule has 0 radical (unpaired) electrons. The summed E-state index contributed by atoms with van der Waals surface area (Å²) in [5.41, 5.74) is 13.5. The fourth-order valence-corrected chi connectivity index (χ4v) is 6.82. The van der Waals surface area contributed by atoms with Crippen molar-refractivity contribution in [3.63, 3.8) is 0 Å². The van der Waals surface area contributed by atoms with Crippen LogP contribution in [-0.4, -0.2) is 35.0 Å². The molecule has 1 saturated heterocycles. The van der Waals surface area contributed by atoms with Gasteiger partial charge in [-0.1, -0.05) is 85.0 Å². The summed E-state index contributed by atoms with van der Waals surface area (Å²) in [7, 11) is 0. The van der Waals surface area contributed by atoms with Crippen LogP contribution in [0.5, 0.6) is 0 Å². The minimum Gasteiger partial charge on any atom is -0.370 e. The summed E-state index contributed by atoms with van der Waals surface area (Å²) in [5.74, 6) is 0.990. The molecule has 0 aromatic heterocycles. The van der Waals surface area contributed by atoms with Crippen LogP contribution in [0.25, 0.3) is 10.8 Å². The average molecular weight is 521 g/mol. The lowest BCUT2D eigenvalue weighted by Crippen LogP contribution is -2.50. The minimum atomic E-state index is -0.383. The maximum absolute atomic E-state index is 14.4. The van der Waals surface area contributed by atoms with Crippen LogP contribution >= 0.6 is 0 Å². The van der Waals surface area contributed by atoms with Gasteiger partial charge in [-0.15, -0.1) is 0 Å². The SMILES string of the molecule is NC(N)=NCc1cccc(CN(CC23CC=CCC2C2CC=CCC2O3)C(=O)c2cccc3ccccc23)c1. The smallest absolute Gasteiger partial charge is 0.254 e. The van der Waals surface area contributed by atoms with E-state index in [-0.39, 0.29) is 23.6 Å². The van der Waals surface area contributed by atoms with Crippen molar-refractivity contribution < 1.29 is 9.53 Å². The van der Waals surface area contributed by atoms with Crippen LogP contribution in [0.1, 0.15) is 47.2 Å². The van der Waals surface area contributed by atoms with Gasteiger partial charge in [0.05, 0.1) is 24.8 Å². The molecule has 200 valence electrons. The molecule has 1 heterocycles. The van der Waals surface area contributed by atoms with Gasteiger partial charge in [-0.2, -0.15) is 0 Å². The van der Waals surface area contributed by atoms with Crippen LogP contribution in [0.2, 0.25) is 0 Å². The van der Waals surface area contributed by atoms with Gasteiger partial charge in [-0.05, 0) is 65.5 Å². The van der Waals surface area contributed by atoms with Crippen LogP contribution in [0.4, 0.5) is 0 Å². The molecule has 4 atom stereocenters. The molecule has 0 spiro atoms. The number of allylic oxidation sites excluding steroid dienone is 2. The van der Waals surface area contributed by atoms with Gasteiger partial charge in [0.1, 0.15) is 0 Å². The lowest BCUT2D eigenvalue weighted by atomic mass is 9.70. The second-order valence-corrected chi connectivity index (χ2v) is 11.1. The first-order valence-corrected chi connectivity index (χ1v) is 13.9. The van der Waals surface area contributed by atoms with Crippen molar-refractivity contribution in [3.8, 4) is 0 Å². The van der Waals surface area contributed by atoms with Crippen LogP contribution in [0.3, 0.4) is 0 Å². The molecule has 2 aliphatic carbocycles. The summed E-state index contributed by atoms with van der Waals surface area (Å²) in [6.07, 6.45) is 13.2. The predicted molar refractivity (Wildman–Crippen MR) is 156 cm³/mol. The number of hydrogen-bond donors (Lipinski definition) is 2. The first-order chi connectivity index (χ1) is 19.0. The highest BCUT2D eigenvalue weighted by molar-refractivity contribution is 6.07. The Morgan fingerprint density at radius 3 is 2.59 bits per heavy atom. The third-order valence-electron chi connectivity index (χ3n) is 8.59. The van der Waals surface area contributed by atoms with E-state index in [1.165, 1.54) is 0 Å². The molecule has 3 aromatic rings. The van der Waals surface area contributed by atoms with Crippen molar-refractivity contribution in [1.29, 1.82) is 0 Å². The zero-order chi connectivity index (χ0) is 26.8. The lowest BCUT2D eigenvalue weighted by molar-refractivity contribution is -0.0741. The number of amides is 1. The van der Waals surface area contributed by atoms with Crippen molar-refractivity contribution in [3.05, 3.63) is 108 Å². The molecule has 6 heteroatoms. The summed E-state index contributed by atoms with van der Waals surface area (Å²) in [5, 5.41) is 2.03. The summed E-state index contributed by atoms with van der Waals surface area (Å²) in [6.45, 7) is 1.44. The summed E-state index contributed by atoms with van der Waals surface area (Å²) in [6, 6.07) is 22.2. The number of hydrogen-bond acceptors (Lipinski definition) is 3. The van der Waals surface area contributed by atoms with E-state index in [0.29, 0.717) is 31.5 Å². The fraction of sp³-hybridized carbons (Fsp3) is 0.333. The number of carbonyl (C=O) groups is 1. The summed E-state index contributed by atoms with van der Waals surface area (Å²) >= 11 is 0. The Hall–Kier alpha value is -3.90. The predicted octanol–water partition coefficient (Wildman–Crippen LogP) is 5.33. The number of aliphatic imine (C=N–C) groups is 1. The van der Waals surface area contributed by atoms with Crippen molar-refractivity contribution >= 4 is 22.6 Å².